The Morgan fingerprint density at radius 3 is 1.50 bits per heavy atom. The molecule has 86 valence electrons. The molecule has 0 spiro atoms. The molecule has 0 aromatic carbocycles. The van der Waals surface area contributed by atoms with Crippen LogP contribution in [0.3, 0.4) is 0 Å². The second-order valence-corrected chi connectivity index (χ2v) is 4.46. The molecule has 1 heteroatoms. The first kappa shape index (κ1) is 14.0. The van der Waals surface area contributed by atoms with E-state index in [2.05, 4.69) is 13.8 Å². The predicted molar refractivity (Wildman–Crippen MR) is 65.5 cm³/mol. The molecule has 0 bridgehead atoms. The Morgan fingerprint density at radius 1 is 0.714 bits per heavy atom. The Labute approximate surface area is 90.5 Å². The molecule has 0 rings (SSSR count). The van der Waals surface area contributed by atoms with Crippen LogP contribution in [0, 0.1) is 0 Å². The molecule has 0 radical (unpaired) electrons. The lowest BCUT2D eigenvalue weighted by Gasteiger charge is -2.10. The van der Waals surface area contributed by atoms with E-state index in [9.17, 15) is 0 Å². The second kappa shape index (κ2) is 11.0. The van der Waals surface area contributed by atoms with E-state index in [4.69, 9.17) is 5.73 Å². The third-order valence-corrected chi connectivity index (χ3v) is 2.86. The van der Waals surface area contributed by atoms with Crippen molar-refractivity contribution in [2.75, 3.05) is 0 Å². The third kappa shape index (κ3) is 10.0. The maximum absolute atomic E-state index is 6.04. The van der Waals surface area contributed by atoms with Gasteiger partial charge in [-0.1, -0.05) is 65.2 Å². The topological polar surface area (TPSA) is 26.0 Å². The summed E-state index contributed by atoms with van der Waals surface area (Å²) in [6, 6.07) is 0.476. The summed E-state index contributed by atoms with van der Waals surface area (Å²) in [4.78, 5) is 0. The van der Waals surface area contributed by atoms with Crippen LogP contribution >= 0.6 is 0 Å². The average Bonchev–Trinajstić information content (AvgIpc) is 2.19. The molecule has 1 nitrogen and oxygen atoms in total. The zero-order valence-electron chi connectivity index (χ0n) is 10.2. The number of unbranched alkanes of at least 4 members (excludes halogenated alkanes) is 6. The summed E-state index contributed by atoms with van der Waals surface area (Å²) < 4.78 is 0. The second-order valence-electron chi connectivity index (χ2n) is 4.46. The Morgan fingerprint density at radius 2 is 1.14 bits per heavy atom. The largest absolute Gasteiger partial charge is 0.328 e. The minimum atomic E-state index is 0.476. The van der Waals surface area contributed by atoms with Gasteiger partial charge >= 0.3 is 0 Å². The van der Waals surface area contributed by atoms with Gasteiger partial charge in [-0.15, -0.1) is 0 Å². The summed E-state index contributed by atoms with van der Waals surface area (Å²) in [5.74, 6) is 0. The van der Waals surface area contributed by atoms with E-state index in [0.717, 1.165) is 0 Å². The predicted octanol–water partition coefficient (Wildman–Crippen LogP) is 4.25. The van der Waals surface area contributed by atoms with Crippen molar-refractivity contribution >= 4 is 0 Å². The van der Waals surface area contributed by atoms with E-state index in [-0.39, 0.29) is 0 Å². The Kier molecular flexibility index (Phi) is 11.0. The van der Waals surface area contributed by atoms with Gasteiger partial charge in [-0.25, -0.2) is 0 Å². The smallest absolute Gasteiger partial charge is 0.00388 e. The molecule has 0 saturated carbocycles. The van der Waals surface area contributed by atoms with Crippen LogP contribution in [0.15, 0.2) is 0 Å². The van der Waals surface area contributed by atoms with Crippen molar-refractivity contribution in [2.24, 2.45) is 5.73 Å². The van der Waals surface area contributed by atoms with Crippen molar-refractivity contribution < 1.29 is 0 Å². The number of rotatable bonds is 10. The molecule has 0 fully saturated rings. The van der Waals surface area contributed by atoms with Crippen molar-refractivity contribution in [2.45, 2.75) is 84.1 Å². The van der Waals surface area contributed by atoms with Crippen LogP contribution < -0.4 is 5.73 Å². The third-order valence-electron chi connectivity index (χ3n) is 2.86. The van der Waals surface area contributed by atoms with Crippen LogP contribution in [-0.4, -0.2) is 6.04 Å². The molecule has 0 aromatic heterocycles. The molecule has 0 amide bonds. The van der Waals surface area contributed by atoms with Gasteiger partial charge in [-0.05, 0) is 12.8 Å². The van der Waals surface area contributed by atoms with Gasteiger partial charge in [0.05, 0.1) is 0 Å². The van der Waals surface area contributed by atoms with Crippen LogP contribution in [0.5, 0.6) is 0 Å². The van der Waals surface area contributed by atoms with Crippen LogP contribution in [0.4, 0.5) is 0 Å². The first-order chi connectivity index (χ1) is 6.81. The number of hydrogen-bond acceptors (Lipinski definition) is 1. The summed E-state index contributed by atoms with van der Waals surface area (Å²) >= 11 is 0. The van der Waals surface area contributed by atoms with Crippen LogP contribution in [-0.2, 0) is 0 Å². The lowest BCUT2D eigenvalue weighted by molar-refractivity contribution is 0.493. The van der Waals surface area contributed by atoms with E-state index >= 15 is 0 Å². The van der Waals surface area contributed by atoms with Crippen molar-refractivity contribution in [1.29, 1.82) is 0 Å². The summed E-state index contributed by atoms with van der Waals surface area (Å²) in [6.07, 6.45) is 13.3. The first-order valence-electron chi connectivity index (χ1n) is 6.56. The normalized spacial score (nSPS) is 11.1. The zero-order chi connectivity index (χ0) is 10.6. The van der Waals surface area contributed by atoms with E-state index in [1.165, 1.54) is 64.2 Å². The standard InChI is InChI=1S/C13H29N/c1-3-5-7-9-11-13(14)12-10-8-6-4-2/h13H,3-12,14H2,1-2H3. The lowest BCUT2D eigenvalue weighted by atomic mass is 10.0. The summed E-state index contributed by atoms with van der Waals surface area (Å²) in [5, 5.41) is 0. The Hall–Kier alpha value is -0.0400. The molecule has 0 aromatic rings. The van der Waals surface area contributed by atoms with E-state index in [1.54, 1.807) is 0 Å². The van der Waals surface area contributed by atoms with Gasteiger partial charge in [0, 0.05) is 6.04 Å². The quantitative estimate of drug-likeness (QED) is 0.523. The highest BCUT2D eigenvalue weighted by molar-refractivity contribution is 4.61. The van der Waals surface area contributed by atoms with Crippen LogP contribution in [0.2, 0.25) is 0 Å². The first-order valence-corrected chi connectivity index (χ1v) is 6.56. The monoisotopic (exact) mass is 199 g/mol. The Balaban J connectivity index is 3.07. The van der Waals surface area contributed by atoms with E-state index < -0.39 is 0 Å². The fourth-order valence-corrected chi connectivity index (χ4v) is 1.81. The molecule has 0 aliphatic rings. The van der Waals surface area contributed by atoms with Crippen molar-refractivity contribution in [1.82, 2.24) is 0 Å². The molecule has 0 saturated heterocycles. The minimum Gasteiger partial charge on any atom is -0.328 e. The molecule has 14 heavy (non-hydrogen) atoms. The zero-order valence-corrected chi connectivity index (χ0v) is 10.2. The number of nitrogens with two attached hydrogens (primary N) is 1. The summed E-state index contributed by atoms with van der Waals surface area (Å²) in [6.45, 7) is 4.51. The molecular weight excluding hydrogens is 170 g/mol. The lowest BCUT2D eigenvalue weighted by Crippen LogP contribution is -2.19. The SMILES string of the molecule is CCCCCCC(N)CCCCCC. The van der Waals surface area contributed by atoms with E-state index in [1.807, 2.05) is 0 Å². The fourth-order valence-electron chi connectivity index (χ4n) is 1.81. The Bertz CT molecular complexity index is 89.4. The number of hydrogen-bond donors (Lipinski definition) is 1. The summed E-state index contributed by atoms with van der Waals surface area (Å²) in [5.41, 5.74) is 6.04. The van der Waals surface area contributed by atoms with Gasteiger partial charge in [-0.3, -0.25) is 0 Å². The molecule has 0 unspecified atom stereocenters. The van der Waals surface area contributed by atoms with Crippen LogP contribution in [0.25, 0.3) is 0 Å². The van der Waals surface area contributed by atoms with E-state index in [0.29, 0.717) is 6.04 Å². The van der Waals surface area contributed by atoms with Gasteiger partial charge in [-0.2, -0.15) is 0 Å². The van der Waals surface area contributed by atoms with Crippen molar-refractivity contribution in [3.63, 3.8) is 0 Å². The molecule has 0 heterocycles. The average molecular weight is 199 g/mol. The van der Waals surface area contributed by atoms with Crippen LogP contribution in [0.1, 0.15) is 78.1 Å². The van der Waals surface area contributed by atoms with Gasteiger partial charge in [0.2, 0.25) is 0 Å². The molecule has 0 aliphatic heterocycles. The molecule has 2 N–H and O–H groups in total. The maximum atomic E-state index is 6.04. The molecule has 0 atom stereocenters. The van der Waals surface area contributed by atoms with Gasteiger partial charge in [0.25, 0.3) is 0 Å². The van der Waals surface area contributed by atoms with Gasteiger partial charge in [0.15, 0.2) is 0 Å². The molecule has 0 aliphatic carbocycles. The summed E-state index contributed by atoms with van der Waals surface area (Å²) in [7, 11) is 0. The minimum absolute atomic E-state index is 0.476. The maximum Gasteiger partial charge on any atom is 0.00388 e. The van der Waals surface area contributed by atoms with Crippen molar-refractivity contribution in [3.8, 4) is 0 Å². The van der Waals surface area contributed by atoms with Gasteiger partial charge in [0.1, 0.15) is 0 Å². The van der Waals surface area contributed by atoms with Crippen molar-refractivity contribution in [3.05, 3.63) is 0 Å². The highest BCUT2D eigenvalue weighted by Gasteiger charge is 2.01. The highest BCUT2D eigenvalue weighted by atomic mass is 14.6. The fraction of sp³-hybridized carbons (Fsp3) is 1.00. The molecular formula is C13H29N. The highest BCUT2D eigenvalue weighted by Crippen LogP contribution is 2.10. The van der Waals surface area contributed by atoms with Gasteiger partial charge < -0.3 is 5.73 Å².